The second-order valence-electron chi connectivity index (χ2n) is 5.04. The van der Waals surface area contributed by atoms with Crippen molar-refractivity contribution < 1.29 is 14.0 Å². The SMILES string of the molecule is O=C(NCc1ccco1)C(=Cc1cccnc1)NC(=O)c1cccs1. The Morgan fingerprint density at radius 2 is 2.12 bits per heavy atom. The van der Waals surface area contributed by atoms with E-state index in [-0.39, 0.29) is 18.1 Å². The van der Waals surface area contributed by atoms with Crippen LogP contribution in [0.15, 0.2) is 70.5 Å². The third-order valence-electron chi connectivity index (χ3n) is 3.24. The fraction of sp³-hybridized carbons (Fsp3) is 0.0556. The first kappa shape index (κ1) is 16.7. The van der Waals surface area contributed by atoms with Gasteiger partial charge < -0.3 is 15.1 Å². The summed E-state index contributed by atoms with van der Waals surface area (Å²) in [5.74, 6) is -0.123. The zero-order chi connectivity index (χ0) is 17.5. The number of furan rings is 1. The number of pyridine rings is 1. The van der Waals surface area contributed by atoms with Crippen LogP contribution < -0.4 is 10.6 Å². The van der Waals surface area contributed by atoms with Crippen LogP contribution >= 0.6 is 11.3 Å². The molecule has 0 atom stereocenters. The number of amides is 2. The zero-order valence-corrected chi connectivity index (χ0v) is 14.0. The molecule has 25 heavy (non-hydrogen) atoms. The topological polar surface area (TPSA) is 84.2 Å². The van der Waals surface area contributed by atoms with E-state index in [1.54, 1.807) is 60.2 Å². The van der Waals surface area contributed by atoms with Crippen molar-refractivity contribution >= 4 is 29.2 Å². The van der Waals surface area contributed by atoms with Gasteiger partial charge in [-0.15, -0.1) is 11.3 Å². The van der Waals surface area contributed by atoms with E-state index < -0.39 is 5.91 Å². The summed E-state index contributed by atoms with van der Waals surface area (Å²) in [7, 11) is 0. The molecule has 0 unspecified atom stereocenters. The molecule has 0 fully saturated rings. The highest BCUT2D eigenvalue weighted by Gasteiger charge is 2.15. The molecule has 3 aromatic heterocycles. The second kappa shape index (κ2) is 8.07. The van der Waals surface area contributed by atoms with Crippen molar-refractivity contribution in [2.45, 2.75) is 6.54 Å². The molecule has 3 aromatic rings. The van der Waals surface area contributed by atoms with E-state index >= 15 is 0 Å². The molecule has 6 nitrogen and oxygen atoms in total. The summed E-state index contributed by atoms with van der Waals surface area (Å²) < 4.78 is 5.19. The maximum absolute atomic E-state index is 12.5. The van der Waals surface area contributed by atoms with Gasteiger partial charge >= 0.3 is 0 Å². The van der Waals surface area contributed by atoms with E-state index in [1.165, 1.54) is 17.6 Å². The summed E-state index contributed by atoms with van der Waals surface area (Å²) in [5.41, 5.74) is 0.843. The van der Waals surface area contributed by atoms with Crippen LogP contribution in [0.5, 0.6) is 0 Å². The van der Waals surface area contributed by atoms with Crippen molar-refractivity contribution in [3.63, 3.8) is 0 Å². The Bertz CT molecular complexity index is 856. The molecule has 0 aliphatic rings. The summed E-state index contributed by atoms with van der Waals surface area (Å²) in [6, 6.07) is 10.5. The Labute approximate surface area is 148 Å². The lowest BCUT2D eigenvalue weighted by Gasteiger charge is -2.10. The van der Waals surface area contributed by atoms with Gasteiger partial charge in [-0.25, -0.2) is 0 Å². The van der Waals surface area contributed by atoms with Gasteiger partial charge in [0.1, 0.15) is 11.5 Å². The first-order valence-electron chi connectivity index (χ1n) is 7.49. The summed E-state index contributed by atoms with van der Waals surface area (Å²) in [6.07, 6.45) is 6.36. The third-order valence-corrected chi connectivity index (χ3v) is 4.11. The number of aromatic nitrogens is 1. The third kappa shape index (κ3) is 4.65. The van der Waals surface area contributed by atoms with Gasteiger partial charge in [0.05, 0.1) is 17.7 Å². The van der Waals surface area contributed by atoms with E-state index in [1.807, 2.05) is 0 Å². The van der Waals surface area contributed by atoms with E-state index in [0.717, 1.165) is 0 Å². The highest BCUT2D eigenvalue weighted by molar-refractivity contribution is 7.12. The standard InChI is InChI=1S/C18H15N3O3S/c22-17(20-12-14-5-2-8-24-14)15(10-13-4-1-7-19-11-13)21-18(23)16-6-3-9-25-16/h1-11H,12H2,(H,20,22)(H,21,23). The van der Waals surface area contributed by atoms with Crippen LogP contribution in [0.4, 0.5) is 0 Å². The summed E-state index contributed by atoms with van der Waals surface area (Å²) in [5, 5.41) is 7.19. The van der Waals surface area contributed by atoms with Gasteiger partial charge in [-0.1, -0.05) is 12.1 Å². The van der Waals surface area contributed by atoms with Gasteiger partial charge in [0.15, 0.2) is 0 Å². The smallest absolute Gasteiger partial charge is 0.268 e. The molecule has 0 saturated carbocycles. The summed E-state index contributed by atoms with van der Waals surface area (Å²) in [6.45, 7) is 0.227. The molecule has 2 amide bonds. The Hall–Kier alpha value is -3.19. The number of nitrogens with zero attached hydrogens (tertiary/aromatic N) is 1. The predicted molar refractivity (Wildman–Crippen MR) is 94.6 cm³/mol. The Balaban J connectivity index is 1.77. The van der Waals surface area contributed by atoms with Gasteiger partial charge in [0.25, 0.3) is 11.8 Å². The summed E-state index contributed by atoms with van der Waals surface area (Å²) >= 11 is 1.30. The lowest BCUT2D eigenvalue weighted by atomic mass is 10.2. The predicted octanol–water partition coefficient (Wildman–Crippen LogP) is 2.82. The van der Waals surface area contributed by atoms with E-state index in [4.69, 9.17) is 4.42 Å². The average molecular weight is 353 g/mol. The van der Waals surface area contributed by atoms with Crippen molar-refractivity contribution in [2.75, 3.05) is 0 Å². The summed E-state index contributed by atoms with van der Waals surface area (Å²) in [4.78, 5) is 29.3. The number of rotatable bonds is 6. The number of hydrogen-bond donors (Lipinski definition) is 2. The zero-order valence-electron chi connectivity index (χ0n) is 13.1. The van der Waals surface area contributed by atoms with E-state index in [0.29, 0.717) is 16.2 Å². The van der Waals surface area contributed by atoms with Crippen LogP contribution in [0, 0.1) is 0 Å². The largest absolute Gasteiger partial charge is 0.467 e. The van der Waals surface area contributed by atoms with Crippen molar-refractivity contribution in [2.24, 2.45) is 0 Å². The molecule has 0 aliphatic carbocycles. The lowest BCUT2D eigenvalue weighted by Crippen LogP contribution is -2.34. The van der Waals surface area contributed by atoms with Crippen LogP contribution in [0.3, 0.4) is 0 Å². The minimum absolute atomic E-state index is 0.137. The van der Waals surface area contributed by atoms with E-state index in [2.05, 4.69) is 15.6 Å². The average Bonchev–Trinajstić information content (AvgIpc) is 3.33. The van der Waals surface area contributed by atoms with Crippen LogP contribution in [-0.4, -0.2) is 16.8 Å². The molecule has 7 heteroatoms. The Kier molecular flexibility index (Phi) is 5.38. The molecule has 0 aromatic carbocycles. The molecule has 3 heterocycles. The first-order valence-corrected chi connectivity index (χ1v) is 8.37. The van der Waals surface area contributed by atoms with Gasteiger partial charge in [0, 0.05) is 12.4 Å². The number of thiophene rings is 1. The quantitative estimate of drug-likeness (QED) is 0.668. The minimum Gasteiger partial charge on any atom is -0.467 e. The van der Waals surface area contributed by atoms with E-state index in [9.17, 15) is 9.59 Å². The van der Waals surface area contributed by atoms with Gasteiger partial charge in [-0.3, -0.25) is 14.6 Å². The highest BCUT2D eigenvalue weighted by atomic mass is 32.1. The molecule has 0 radical (unpaired) electrons. The first-order chi connectivity index (χ1) is 12.2. The normalized spacial score (nSPS) is 11.1. The van der Waals surface area contributed by atoms with Crippen molar-refractivity contribution in [3.05, 3.63) is 82.3 Å². The second-order valence-corrected chi connectivity index (χ2v) is 5.99. The van der Waals surface area contributed by atoms with Crippen molar-refractivity contribution in [3.8, 4) is 0 Å². The molecule has 0 saturated heterocycles. The molecular weight excluding hydrogens is 338 g/mol. The fourth-order valence-electron chi connectivity index (χ4n) is 2.05. The van der Waals surface area contributed by atoms with Crippen LogP contribution in [0.2, 0.25) is 0 Å². The van der Waals surface area contributed by atoms with Gasteiger partial charge in [-0.2, -0.15) is 0 Å². The molecule has 0 bridgehead atoms. The fourth-order valence-corrected chi connectivity index (χ4v) is 2.67. The maximum Gasteiger partial charge on any atom is 0.268 e. The molecule has 2 N–H and O–H groups in total. The van der Waals surface area contributed by atoms with Crippen LogP contribution in [-0.2, 0) is 11.3 Å². The van der Waals surface area contributed by atoms with Crippen molar-refractivity contribution in [1.29, 1.82) is 0 Å². The highest BCUT2D eigenvalue weighted by Crippen LogP contribution is 2.10. The maximum atomic E-state index is 12.5. The number of hydrogen-bond acceptors (Lipinski definition) is 5. The molecule has 3 rings (SSSR count). The molecule has 126 valence electrons. The molecule has 0 spiro atoms. The lowest BCUT2D eigenvalue weighted by molar-refractivity contribution is -0.118. The monoisotopic (exact) mass is 353 g/mol. The van der Waals surface area contributed by atoms with Gasteiger partial charge in [-0.05, 0) is 41.3 Å². The van der Waals surface area contributed by atoms with Crippen LogP contribution in [0.25, 0.3) is 6.08 Å². The minimum atomic E-state index is -0.412. The van der Waals surface area contributed by atoms with Crippen LogP contribution in [0.1, 0.15) is 21.0 Å². The Morgan fingerprint density at radius 1 is 1.20 bits per heavy atom. The Morgan fingerprint density at radius 3 is 2.80 bits per heavy atom. The van der Waals surface area contributed by atoms with Gasteiger partial charge in [0.2, 0.25) is 0 Å². The molecular formula is C18H15N3O3S. The molecule has 0 aliphatic heterocycles. The van der Waals surface area contributed by atoms with Crippen molar-refractivity contribution in [1.82, 2.24) is 15.6 Å². The number of carbonyl (C=O) groups excluding carboxylic acids is 2. The number of carbonyl (C=O) groups is 2. The number of nitrogens with one attached hydrogen (secondary N) is 2.